The molecule has 1 atom stereocenters. The molecular weight excluding hydrogens is 230 g/mol. The maximum absolute atomic E-state index is 6.63. The summed E-state index contributed by atoms with van der Waals surface area (Å²) >= 11 is 0. The molecule has 0 aromatic heterocycles. The van der Waals surface area contributed by atoms with Gasteiger partial charge in [0.25, 0.3) is 0 Å². The summed E-state index contributed by atoms with van der Waals surface area (Å²) in [4.78, 5) is 0. The number of hydrogen-bond donors (Lipinski definition) is 1. The van der Waals surface area contributed by atoms with Gasteiger partial charge in [0.2, 0.25) is 0 Å². The highest BCUT2D eigenvalue weighted by Gasteiger charge is 2.25. The second kappa shape index (κ2) is 4.82. The fourth-order valence-electron chi connectivity index (χ4n) is 2.58. The van der Waals surface area contributed by atoms with Crippen LogP contribution in [0, 0.1) is 27.7 Å². The van der Waals surface area contributed by atoms with Crippen molar-refractivity contribution in [2.75, 3.05) is 0 Å². The molecule has 1 nitrogen and oxygen atoms in total. The van der Waals surface area contributed by atoms with E-state index in [1.54, 1.807) is 0 Å². The van der Waals surface area contributed by atoms with Gasteiger partial charge in [-0.25, -0.2) is 0 Å². The van der Waals surface area contributed by atoms with Crippen LogP contribution in [0.15, 0.2) is 36.4 Å². The van der Waals surface area contributed by atoms with Crippen LogP contribution in [-0.4, -0.2) is 0 Å². The molecular formula is C18H23N. The Morgan fingerprint density at radius 2 is 1.32 bits per heavy atom. The molecule has 0 saturated carbocycles. The molecule has 1 heteroatoms. The van der Waals surface area contributed by atoms with Crippen LogP contribution in [0.3, 0.4) is 0 Å². The van der Waals surface area contributed by atoms with Crippen molar-refractivity contribution >= 4 is 0 Å². The van der Waals surface area contributed by atoms with Gasteiger partial charge in [-0.15, -0.1) is 0 Å². The lowest BCUT2D eigenvalue weighted by molar-refractivity contribution is 0.598. The summed E-state index contributed by atoms with van der Waals surface area (Å²) in [7, 11) is 0. The first-order chi connectivity index (χ1) is 8.82. The molecule has 0 heterocycles. The summed E-state index contributed by atoms with van der Waals surface area (Å²) in [5.41, 5.74) is 13.7. The summed E-state index contributed by atoms with van der Waals surface area (Å²) in [5.74, 6) is 0. The Kier molecular flexibility index (Phi) is 3.51. The number of benzene rings is 2. The van der Waals surface area contributed by atoms with E-state index >= 15 is 0 Å². The summed E-state index contributed by atoms with van der Waals surface area (Å²) in [6, 6.07) is 13.0. The van der Waals surface area contributed by atoms with Gasteiger partial charge in [-0.2, -0.15) is 0 Å². The standard InChI is InChI=1S/C18H23N/c1-12-6-8-16(9-7-12)18(5,19)17-11-14(3)13(2)10-15(17)4/h6-11H,19H2,1-5H3. The molecule has 19 heavy (non-hydrogen) atoms. The molecule has 2 aromatic carbocycles. The second-order valence-corrected chi connectivity index (χ2v) is 5.82. The van der Waals surface area contributed by atoms with Gasteiger partial charge in [0.1, 0.15) is 0 Å². The van der Waals surface area contributed by atoms with Gasteiger partial charge < -0.3 is 5.73 Å². The Bertz CT molecular complexity index is 592. The van der Waals surface area contributed by atoms with E-state index in [4.69, 9.17) is 5.73 Å². The fraction of sp³-hybridized carbons (Fsp3) is 0.333. The maximum atomic E-state index is 6.63. The van der Waals surface area contributed by atoms with E-state index in [-0.39, 0.29) is 0 Å². The average molecular weight is 253 g/mol. The quantitative estimate of drug-likeness (QED) is 0.855. The van der Waals surface area contributed by atoms with E-state index in [0.29, 0.717) is 0 Å². The third-order valence-corrected chi connectivity index (χ3v) is 4.05. The van der Waals surface area contributed by atoms with Crippen molar-refractivity contribution in [3.63, 3.8) is 0 Å². The van der Waals surface area contributed by atoms with Gasteiger partial charge in [-0.05, 0) is 62.4 Å². The normalized spacial score (nSPS) is 14.2. The summed E-state index contributed by atoms with van der Waals surface area (Å²) in [5, 5.41) is 0. The second-order valence-electron chi connectivity index (χ2n) is 5.82. The monoisotopic (exact) mass is 253 g/mol. The molecule has 0 bridgehead atoms. The highest BCUT2D eigenvalue weighted by Crippen LogP contribution is 2.30. The van der Waals surface area contributed by atoms with Gasteiger partial charge in [0, 0.05) is 0 Å². The Morgan fingerprint density at radius 1 is 0.789 bits per heavy atom. The highest BCUT2D eigenvalue weighted by molar-refractivity contribution is 5.45. The molecule has 2 rings (SSSR count). The molecule has 0 fully saturated rings. The highest BCUT2D eigenvalue weighted by atomic mass is 14.7. The molecule has 1 unspecified atom stereocenters. The lowest BCUT2D eigenvalue weighted by atomic mass is 9.81. The van der Waals surface area contributed by atoms with Gasteiger partial charge >= 0.3 is 0 Å². The first kappa shape index (κ1) is 13.8. The van der Waals surface area contributed by atoms with E-state index in [1.165, 1.54) is 27.8 Å². The molecule has 100 valence electrons. The summed E-state index contributed by atoms with van der Waals surface area (Å²) in [6.07, 6.45) is 0. The van der Waals surface area contributed by atoms with E-state index in [2.05, 4.69) is 71.0 Å². The Hall–Kier alpha value is -1.60. The molecule has 0 aliphatic rings. The van der Waals surface area contributed by atoms with Crippen molar-refractivity contribution in [1.29, 1.82) is 0 Å². The zero-order valence-corrected chi connectivity index (χ0v) is 12.5. The van der Waals surface area contributed by atoms with Crippen molar-refractivity contribution in [3.8, 4) is 0 Å². The number of nitrogens with two attached hydrogens (primary N) is 1. The van der Waals surface area contributed by atoms with Crippen molar-refractivity contribution < 1.29 is 0 Å². The van der Waals surface area contributed by atoms with E-state index < -0.39 is 5.54 Å². The van der Waals surface area contributed by atoms with Gasteiger partial charge in [-0.1, -0.05) is 42.0 Å². The van der Waals surface area contributed by atoms with Gasteiger partial charge in [0.15, 0.2) is 0 Å². The van der Waals surface area contributed by atoms with Crippen LogP contribution in [0.5, 0.6) is 0 Å². The molecule has 2 N–H and O–H groups in total. The third kappa shape index (κ3) is 2.57. The summed E-state index contributed by atoms with van der Waals surface area (Å²) in [6.45, 7) is 10.6. The molecule has 0 radical (unpaired) electrons. The van der Waals surface area contributed by atoms with Gasteiger partial charge in [0.05, 0.1) is 5.54 Å². The van der Waals surface area contributed by atoms with Crippen LogP contribution in [-0.2, 0) is 5.54 Å². The van der Waals surface area contributed by atoms with E-state index in [0.717, 1.165) is 5.56 Å². The topological polar surface area (TPSA) is 26.0 Å². The first-order valence-electron chi connectivity index (χ1n) is 6.76. The zero-order valence-electron chi connectivity index (χ0n) is 12.5. The van der Waals surface area contributed by atoms with Gasteiger partial charge in [-0.3, -0.25) is 0 Å². The lowest BCUT2D eigenvalue weighted by Gasteiger charge is -2.29. The minimum atomic E-state index is -0.448. The molecule has 0 aliphatic carbocycles. The van der Waals surface area contributed by atoms with Crippen molar-refractivity contribution in [2.45, 2.75) is 40.2 Å². The first-order valence-corrected chi connectivity index (χ1v) is 6.76. The average Bonchev–Trinajstić information content (AvgIpc) is 2.34. The third-order valence-electron chi connectivity index (χ3n) is 4.05. The largest absolute Gasteiger partial charge is 0.318 e. The fourth-order valence-corrected chi connectivity index (χ4v) is 2.58. The predicted molar refractivity (Wildman–Crippen MR) is 82.5 cm³/mol. The maximum Gasteiger partial charge on any atom is 0.0639 e. The van der Waals surface area contributed by atoms with Crippen LogP contribution < -0.4 is 5.73 Å². The van der Waals surface area contributed by atoms with Crippen LogP contribution in [0.4, 0.5) is 0 Å². The van der Waals surface area contributed by atoms with Crippen LogP contribution >= 0.6 is 0 Å². The lowest BCUT2D eigenvalue weighted by Crippen LogP contribution is -2.35. The smallest absolute Gasteiger partial charge is 0.0639 e. The SMILES string of the molecule is Cc1ccc(C(C)(N)c2cc(C)c(C)cc2C)cc1. The van der Waals surface area contributed by atoms with Crippen molar-refractivity contribution in [2.24, 2.45) is 5.73 Å². The van der Waals surface area contributed by atoms with E-state index in [9.17, 15) is 0 Å². The van der Waals surface area contributed by atoms with Crippen LogP contribution in [0.1, 0.15) is 40.3 Å². The Morgan fingerprint density at radius 3 is 1.89 bits per heavy atom. The minimum absolute atomic E-state index is 0.448. The Labute approximate surface area is 116 Å². The summed E-state index contributed by atoms with van der Waals surface area (Å²) < 4.78 is 0. The molecule has 0 amide bonds. The number of hydrogen-bond acceptors (Lipinski definition) is 1. The zero-order chi connectivity index (χ0) is 14.2. The minimum Gasteiger partial charge on any atom is -0.318 e. The molecule has 2 aromatic rings. The number of rotatable bonds is 2. The number of aryl methyl sites for hydroxylation is 4. The van der Waals surface area contributed by atoms with Crippen molar-refractivity contribution in [1.82, 2.24) is 0 Å². The van der Waals surface area contributed by atoms with E-state index in [1.807, 2.05) is 0 Å². The molecule has 0 spiro atoms. The Balaban J connectivity index is 2.55. The molecule has 0 saturated heterocycles. The van der Waals surface area contributed by atoms with Crippen LogP contribution in [0.25, 0.3) is 0 Å². The van der Waals surface area contributed by atoms with Crippen LogP contribution in [0.2, 0.25) is 0 Å². The van der Waals surface area contributed by atoms with Crippen molar-refractivity contribution in [3.05, 3.63) is 69.8 Å². The molecule has 0 aliphatic heterocycles. The predicted octanol–water partition coefficient (Wildman–Crippen LogP) is 4.14.